The molecular weight excluding hydrogens is 304 g/mol. The van der Waals surface area contributed by atoms with E-state index in [1.165, 1.54) is 0 Å². The number of rotatable bonds is 9. The van der Waals surface area contributed by atoms with E-state index < -0.39 is 0 Å². The van der Waals surface area contributed by atoms with Gasteiger partial charge in [-0.1, -0.05) is 0 Å². The number of nitrogens with two attached hydrogens (primary N) is 1. The molecule has 0 unspecified atom stereocenters. The number of hydrogen-bond donors (Lipinski definition) is 2. The van der Waals surface area contributed by atoms with Crippen LogP contribution in [0.15, 0.2) is 23.2 Å². The highest BCUT2D eigenvalue weighted by Gasteiger charge is 2.12. The summed E-state index contributed by atoms with van der Waals surface area (Å²) in [7, 11) is 3.21. The quantitative estimate of drug-likeness (QED) is 0.412. The summed E-state index contributed by atoms with van der Waals surface area (Å²) in [4.78, 5) is 6.84. The van der Waals surface area contributed by atoms with Crippen LogP contribution in [-0.4, -0.2) is 50.3 Å². The van der Waals surface area contributed by atoms with E-state index in [0.717, 1.165) is 18.7 Å². The highest BCUT2D eigenvalue weighted by atomic mass is 16.5. The Morgan fingerprint density at radius 1 is 1.12 bits per heavy atom. The summed E-state index contributed by atoms with van der Waals surface area (Å²) in [6, 6.07) is 6.62. The monoisotopic (exact) mass is 336 g/mol. The largest absolute Gasteiger partial charge is 0.493 e. The van der Waals surface area contributed by atoms with Crippen LogP contribution in [0.25, 0.3) is 0 Å². The van der Waals surface area contributed by atoms with Gasteiger partial charge in [0.1, 0.15) is 0 Å². The SMILES string of the molecule is COc1ccc(NC(N)=NCCCN(C(C)C)C(C)C)cc1OC. The molecule has 136 valence electrons. The molecule has 24 heavy (non-hydrogen) atoms. The van der Waals surface area contributed by atoms with Crippen LogP contribution in [0.3, 0.4) is 0 Å². The van der Waals surface area contributed by atoms with Gasteiger partial charge in [-0.25, -0.2) is 0 Å². The van der Waals surface area contributed by atoms with Crippen LogP contribution in [0.4, 0.5) is 5.69 Å². The molecule has 3 N–H and O–H groups in total. The number of ether oxygens (including phenoxy) is 2. The van der Waals surface area contributed by atoms with Crippen molar-refractivity contribution in [1.29, 1.82) is 0 Å². The van der Waals surface area contributed by atoms with Crippen molar-refractivity contribution in [3.63, 3.8) is 0 Å². The molecule has 0 heterocycles. The van der Waals surface area contributed by atoms with Gasteiger partial charge in [-0.15, -0.1) is 0 Å². The van der Waals surface area contributed by atoms with E-state index in [-0.39, 0.29) is 0 Å². The first kappa shape index (κ1) is 20.1. The van der Waals surface area contributed by atoms with Crippen molar-refractivity contribution in [3.8, 4) is 11.5 Å². The molecule has 1 aromatic carbocycles. The molecule has 0 aliphatic heterocycles. The first-order chi connectivity index (χ1) is 11.4. The third kappa shape index (κ3) is 6.28. The van der Waals surface area contributed by atoms with Gasteiger partial charge in [-0.05, 0) is 46.2 Å². The molecule has 6 heteroatoms. The van der Waals surface area contributed by atoms with Crippen molar-refractivity contribution >= 4 is 11.6 Å². The number of nitrogens with one attached hydrogen (secondary N) is 1. The molecule has 0 amide bonds. The van der Waals surface area contributed by atoms with Gasteiger partial charge in [0.15, 0.2) is 17.5 Å². The Balaban J connectivity index is 2.53. The molecule has 0 saturated carbocycles. The highest BCUT2D eigenvalue weighted by molar-refractivity contribution is 5.92. The van der Waals surface area contributed by atoms with Crippen LogP contribution in [0, 0.1) is 0 Å². The third-order valence-corrected chi connectivity index (χ3v) is 3.84. The van der Waals surface area contributed by atoms with Crippen molar-refractivity contribution in [1.82, 2.24) is 4.90 Å². The zero-order valence-corrected chi connectivity index (χ0v) is 15.8. The van der Waals surface area contributed by atoms with E-state index in [9.17, 15) is 0 Å². The van der Waals surface area contributed by atoms with Gasteiger partial charge in [-0.3, -0.25) is 9.89 Å². The summed E-state index contributed by atoms with van der Waals surface area (Å²) in [5.41, 5.74) is 6.78. The molecular formula is C18H32N4O2. The first-order valence-corrected chi connectivity index (χ1v) is 8.43. The lowest BCUT2D eigenvalue weighted by molar-refractivity contribution is 0.174. The maximum absolute atomic E-state index is 5.96. The lowest BCUT2D eigenvalue weighted by Gasteiger charge is -2.30. The smallest absolute Gasteiger partial charge is 0.193 e. The molecule has 0 aliphatic carbocycles. The van der Waals surface area contributed by atoms with Crippen LogP contribution >= 0.6 is 0 Å². The van der Waals surface area contributed by atoms with E-state index in [2.05, 4.69) is 42.9 Å². The number of benzene rings is 1. The van der Waals surface area contributed by atoms with Gasteiger partial charge in [0, 0.05) is 36.9 Å². The minimum absolute atomic E-state index is 0.405. The summed E-state index contributed by atoms with van der Waals surface area (Å²) >= 11 is 0. The van der Waals surface area contributed by atoms with Crippen molar-refractivity contribution in [2.45, 2.75) is 46.2 Å². The summed E-state index contributed by atoms with van der Waals surface area (Å²) in [6.45, 7) is 10.6. The summed E-state index contributed by atoms with van der Waals surface area (Å²) in [5, 5.41) is 3.08. The predicted molar refractivity (Wildman–Crippen MR) is 101 cm³/mol. The van der Waals surface area contributed by atoms with E-state index >= 15 is 0 Å². The van der Waals surface area contributed by atoms with Gasteiger partial charge in [0.05, 0.1) is 14.2 Å². The molecule has 0 saturated heterocycles. The van der Waals surface area contributed by atoms with Crippen molar-refractivity contribution in [2.24, 2.45) is 10.7 Å². The Hall–Kier alpha value is -1.95. The van der Waals surface area contributed by atoms with Crippen LogP contribution in [0.1, 0.15) is 34.1 Å². The number of anilines is 1. The number of guanidine groups is 1. The standard InChI is InChI=1S/C18H32N4O2/c1-13(2)22(14(3)4)11-7-10-20-18(19)21-15-8-9-16(23-5)17(12-15)24-6/h8-9,12-14H,7,10-11H2,1-6H3,(H3,19,20,21). The molecule has 1 rings (SSSR count). The molecule has 0 aliphatic rings. The van der Waals surface area contributed by atoms with E-state index in [1.54, 1.807) is 14.2 Å². The lowest BCUT2D eigenvalue weighted by atomic mass is 10.2. The maximum atomic E-state index is 5.96. The fourth-order valence-electron chi connectivity index (χ4n) is 2.67. The van der Waals surface area contributed by atoms with Gasteiger partial charge in [0.2, 0.25) is 0 Å². The molecule has 0 aromatic heterocycles. The number of methoxy groups -OCH3 is 2. The van der Waals surface area contributed by atoms with Gasteiger partial charge < -0.3 is 20.5 Å². The normalized spacial score (nSPS) is 12.1. The van der Waals surface area contributed by atoms with Crippen LogP contribution in [0.5, 0.6) is 11.5 Å². The Bertz CT molecular complexity index is 522. The zero-order valence-electron chi connectivity index (χ0n) is 15.8. The Morgan fingerprint density at radius 2 is 1.75 bits per heavy atom. The topological polar surface area (TPSA) is 72.1 Å². The van der Waals surface area contributed by atoms with Crippen molar-refractivity contribution in [3.05, 3.63) is 18.2 Å². The average molecular weight is 336 g/mol. The van der Waals surface area contributed by atoms with Gasteiger partial charge in [-0.2, -0.15) is 0 Å². The van der Waals surface area contributed by atoms with Gasteiger partial charge in [0.25, 0.3) is 0 Å². The minimum Gasteiger partial charge on any atom is -0.493 e. The fourth-order valence-corrected chi connectivity index (χ4v) is 2.67. The van der Waals surface area contributed by atoms with Gasteiger partial charge >= 0.3 is 0 Å². The van der Waals surface area contributed by atoms with E-state index in [4.69, 9.17) is 15.2 Å². The summed E-state index contributed by atoms with van der Waals surface area (Å²) < 4.78 is 10.5. The highest BCUT2D eigenvalue weighted by Crippen LogP contribution is 2.29. The van der Waals surface area contributed by atoms with Crippen molar-refractivity contribution < 1.29 is 9.47 Å². The molecule has 0 spiro atoms. The molecule has 1 aromatic rings. The maximum Gasteiger partial charge on any atom is 0.193 e. The Labute approximate surface area is 146 Å². The third-order valence-electron chi connectivity index (χ3n) is 3.84. The minimum atomic E-state index is 0.405. The summed E-state index contributed by atoms with van der Waals surface area (Å²) in [5.74, 6) is 1.74. The van der Waals surface area contributed by atoms with Crippen LogP contribution in [0.2, 0.25) is 0 Å². The first-order valence-electron chi connectivity index (χ1n) is 8.43. The molecule has 0 atom stereocenters. The second-order valence-electron chi connectivity index (χ2n) is 6.24. The number of aliphatic imine (C=N–C) groups is 1. The second-order valence-corrected chi connectivity index (χ2v) is 6.24. The zero-order chi connectivity index (χ0) is 18.1. The van der Waals surface area contributed by atoms with Crippen molar-refractivity contribution in [2.75, 3.05) is 32.6 Å². The molecule has 0 radical (unpaired) electrons. The van der Waals surface area contributed by atoms with E-state index in [1.807, 2.05) is 18.2 Å². The predicted octanol–water partition coefficient (Wildman–Crippen LogP) is 2.94. The van der Waals surface area contributed by atoms with E-state index in [0.29, 0.717) is 36.1 Å². The Morgan fingerprint density at radius 3 is 2.29 bits per heavy atom. The van der Waals surface area contributed by atoms with Crippen LogP contribution < -0.4 is 20.5 Å². The summed E-state index contributed by atoms with van der Waals surface area (Å²) in [6.07, 6.45) is 0.977. The lowest BCUT2D eigenvalue weighted by Crippen LogP contribution is -2.38. The fraction of sp³-hybridized carbons (Fsp3) is 0.611. The Kier molecular flexibility index (Phi) is 8.40. The number of hydrogen-bond acceptors (Lipinski definition) is 4. The molecule has 6 nitrogen and oxygen atoms in total. The molecule has 0 bridgehead atoms. The van der Waals surface area contributed by atoms with Crippen LogP contribution in [-0.2, 0) is 0 Å². The average Bonchev–Trinajstić information content (AvgIpc) is 2.53. The number of nitrogens with zero attached hydrogens (tertiary/aromatic N) is 2. The second kappa shape index (κ2) is 10.0. The molecule has 0 fully saturated rings.